The summed E-state index contributed by atoms with van der Waals surface area (Å²) >= 11 is 1.75. The van der Waals surface area contributed by atoms with Gasteiger partial charge in [0.15, 0.2) is 34.5 Å². The van der Waals surface area contributed by atoms with Gasteiger partial charge in [-0.25, -0.2) is 4.79 Å². The monoisotopic (exact) mass is 407 g/mol. The van der Waals surface area contributed by atoms with Gasteiger partial charge < -0.3 is 18.2 Å². The number of halogens is 1. The Morgan fingerprint density at radius 1 is 1.33 bits per heavy atom. The van der Waals surface area contributed by atoms with E-state index in [2.05, 4.69) is 5.32 Å². The zero-order valence-corrected chi connectivity index (χ0v) is 14.2. The van der Waals surface area contributed by atoms with E-state index in [0.717, 1.165) is 5.56 Å². The van der Waals surface area contributed by atoms with Crippen molar-refractivity contribution in [1.82, 2.24) is 5.32 Å². The fourth-order valence-corrected chi connectivity index (χ4v) is 2.17. The Morgan fingerprint density at radius 3 is 2.48 bits per heavy atom. The van der Waals surface area contributed by atoms with Gasteiger partial charge in [-0.2, -0.15) is 0 Å². The number of carbonyl (C=O) groups excluding carboxylic acids is 1. The number of benzene rings is 1. The first-order valence-corrected chi connectivity index (χ1v) is 7.24. The van der Waals surface area contributed by atoms with E-state index in [9.17, 15) is 9.59 Å². The quantitative estimate of drug-likeness (QED) is 0.678. The molecule has 0 bridgehead atoms. The number of nitrogens with one attached hydrogen (secondary N) is 1. The molecule has 0 heterocycles. The van der Waals surface area contributed by atoms with E-state index in [-0.39, 0.29) is 18.2 Å². The van der Waals surface area contributed by atoms with Gasteiger partial charge in [0.05, 0.1) is 13.5 Å². The molecule has 0 fully saturated rings. The van der Waals surface area contributed by atoms with Crippen LogP contribution >= 0.6 is 23.0 Å². The second-order valence-corrected chi connectivity index (χ2v) is 5.31. The molecule has 21 heavy (non-hydrogen) atoms. The molecule has 0 saturated carbocycles. The van der Waals surface area contributed by atoms with Gasteiger partial charge in [0.25, 0.3) is 0 Å². The van der Waals surface area contributed by atoms with Gasteiger partial charge in [-0.15, -0.1) is 0 Å². The van der Waals surface area contributed by atoms with Crippen molar-refractivity contribution in [3.8, 4) is 11.5 Å². The van der Waals surface area contributed by atoms with Crippen LogP contribution in [0.3, 0.4) is 0 Å². The number of rotatable bonds is 7. The minimum Gasteiger partial charge on any atom is -0.493 e. The second-order valence-electron chi connectivity index (χ2n) is 4.87. The molecule has 2 N–H and O–H groups in total. The number of carbonyl (C=O) groups is 2. The van der Waals surface area contributed by atoms with E-state index in [0.29, 0.717) is 11.5 Å². The molecule has 1 atom stereocenters. The van der Waals surface area contributed by atoms with Crippen LogP contribution in [0, 0.1) is 5.92 Å². The first-order chi connectivity index (χ1) is 9.88. The number of carboxylic acids is 1. The molecule has 0 spiro atoms. The second kappa shape index (κ2) is 8.06. The van der Waals surface area contributed by atoms with Crippen LogP contribution in [0.15, 0.2) is 18.2 Å². The van der Waals surface area contributed by atoms with Crippen LogP contribution < -0.4 is 13.1 Å². The predicted molar refractivity (Wildman–Crippen MR) is 85.8 cm³/mol. The van der Waals surface area contributed by atoms with E-state index in [1.165, 1.54) is 7.11 Å². The van der Waals surface area contributed by atoms with Crippen molar-refractivity contribution in [2.45, 2.75) is 26.3 Å². The summed E-state index contributed by atoms with van der Waals surface area (Å²) in [6.45, 7) is 3.49. The number of carboxylic acid groups (broad SMARTS) is 1. The number of hydrogen-bond donors (Lipinski definition) is 2. The standard InChI is InChI=1S/C14H18INO5/c1-8(2)13(14(18)19)16-12(17)7-9-4-5-10(21-15)11(6-9)20-3/h4-6,8,13H,7H2,1-3H3,(H,16,17)(H,18,19). The highest BCUT2D eigenvalue weighted by atomic mass is 127. The van der Waals surface area contributed by atoms with Crippen LogP contribution in [0.1, 0.15) is 19.4 Å². The smallest absolute Gasteiger partial charge is 0.326 e. The molecule has 0 aliphatic carbocycles. The molecule has 0 aromatic heterocycles. The summed E-state index contributed by atoms with van der Waals surface area (Å²) in [4.78, 5) is 23.0. The molecule has 0 aliphatic heterocycles. The summed E-state index contributed by atoms with van der Waals surface area (Å²) in [5.41, 5.74) is 0.717. The van der Waals surface area contributed by atoms with Crippen molar-refractivity contribution in [3.63, 3.8) is 0 Å². The molecule has 0 aliphatic rings. The van der Waals surface area contributed by atoms with Crippen LogP contribution in [-0.4, -0.2) is 30.1 Å². The molecular formula is C14H18INO5. The summed E-state index contributed by atoms with van der Waals surface area (Å²) in [7, 11) is 1.51. The minimum absolute atomic E-state index is 0.0778. The fraction of sp³-hybridized carbons (Fsp3) is 0.429. The Hall–Kier alpha value is -1.51. The molecule has 1 amide bonds. The van der Waals surface area contributed by atoms with Crippen molar-refractivity contribution in [2.75, 3.05) is 7.11 Å². The highest BCUT2D eigenvalue weighted by Gasteiger charge is 2.23. The number of ether oxygens (including phenoxy) is 1. The van der Waals surface area contributed by atoms with Gasteiger partial charge in [-0.05, 0) is 23.6 Å². The number of hydrogen-bond acceptors (Lipinski definition) is 4. The summed E-state index contributed by atoms with van der Waals surface area (Å²) in [5.74, 6) is -0.483. The van der Waals surface area contributed by atoms with E-state index < -0.39 is 12.0 Å². The van der Waals surface area contributed by atoms with E-state index in [1.54, 1.807) is 55.1 Å². The lowest BCUT2D eigenvalue weighted by Gasteiger charge is -2.18. The summed E-state index contributed by atoms with van der Waals surface area (Å²) in [6.07, 6.45) is 0.0778. The maximum atomic E-state index is 11.9. The van der Waals surface area contributed by atoms with Crippen molar-refractivity contribution >= 4 is 34.9 Å². The van der Waals surface area contributed by atoms with Gasteiger partial charge in [0, 0.05) is 0 Å². The van der Waals surface area contributed by atoms with E-state index in [4.69, 9.17) is 12.9 Å². The minimum atomic E-state index is -1.04. The maximum absolute atomic E-state index is 11.9. The third-order valence-corrected chi connectivity index (χ3v) is 3.40. The van der Waals surface area contributed by atoms with Crippen molar-refractivity contribution in [2.24, 2.45) is 5.92 Å². The van der Waals surface area contributed by atoms with Gasteiger partial charge in [0.2, 0.25) is 5.91 Å². The summed E-state index contributed by atoms with van der Waals surface area (Å²) in [6, 6.07) is 4.24. The molecule has 1 unspecified atom stereocenters. The maximum Gasteiger partial charge on any atom is 0.326 e. The van der Waals surface area contributed by atoms with Crippen molar-refractivity contribution in [3.05, 3.63) is 23.8 Å². The Kier molecular flexibility index (Phi) is 6.73. The summed E-state index contributed by atoms with van der Waals surface area (Å²) in [5, 5.41) is 11.6. The number of methoxy groups -OCH3 is 1. The lowest BCUT2D eigenvalue weighted by molar-refractivity contribution is -0.143. The molecule has 1 aromatic carbocycles. The first kappa shape index (κ1) is 17.5. The molecule has 0 saturated heterocycles. The van der Waals surface area contributed by atoms with Gasteiger partial charge in [-0.1, -0.05) is 19.9 Å². The lowest BCUT2D eigenvalue weighted by atomic mass is 10.0. The number of aliphatic carboxylic acids is 1. The molecular weight excluding hydrogens is 389 g/mol. The highest BCUT2D eigenvalue weighted by Crippen LogP contribution is 2.29. The zero-order chi connectivity index (χ0) is 16.0. The van der Waals surface area contributed by atoms with Crippen LogP contribution in [0.4, 0.5) is 0 Å². The molecule has 116 valence electrons. The third kappa shape index (κ3) is 5.07. The Balaban J connectivity index is 2.77. The largest absolute Gasteiger partial charge is 0.493 e. The lowest BCUT2D eigenvalue weighted by Crippen LogP contribution is -2.44. The van der Waals surface area contributed by atoms with Gasteiger partial charge >= 0.3 is 5.97 Å². The molecule has 7 heteroatoms. The zero-order valence-electron chi connectivity index (χ0n) is 12.1. The highest BCUT2D eigenvalue weighted by molar-refractivity contribution is 14.1. The average molecular weight is 407 g/mol. The van der Waals surface area contributed by atoms with Crippen molar-refractivity contribution in [1.29, 1.82) is 0 Å². The van der Waals surface area contributed by atoms with E-state index in [1.807, 2.05) is 0 Å². The Bertz CT molecular complexity index is 518. The predicted octanol–water partition coefficient (Wildman–Crippen LogP) is 2.19. The van der Waals surface area contributed by atoms with Gasteiger partial charge in [-0.3, -0.25) is 4.79 Å². The molecule has 6 nitrogen and oxygen atoms in total. The SMILES string of the molecule is COc1cc(CC(=O)NC(C(=O)O)C(C)C)ccc1OI. The van der Waals surface area contributed by atoms with Gasteiger partial charge in [0.1, 0.15) is 6.04 Å². The molecule has 0 radical (unpaired) electrons. The first-order valence-electron chi connectivity index (χ1n) is 6.36. The normalized spacial score (nSPS) is 11.9. The number of amides is 1. The van der Waals surface area contributed by atoms with Crippen LogP contribution in [0.2, 0.25) is 0 Å². The fourth-order valence-electron chi connectivity index (χ4n) is 1.81. The Morgan fingerprint density at radius 2 is 2.00 bits per heavy atom. The van der Waals surface area contributed by atoms with Crippen LogP contribution in [0.5, 0.6) is 11.5 Å². The van der Waals surface area contributed by atoms with Crippen LogP contribution in [-0.2, 0) is 16.0 Å². The average Bonchev–Trinajstić information content (AvgIpc) is 2.43. The molecule has 1 aromatic rings. The van der Waals surface area contributed by atoms with Crippen LogP contribution in [0.25, 0.3) is 0 Å². The third-order valence-electron chi connectivity index (χ3n) is 2.93. The summed E-state index contributed by atoms with van der Waals surface area (Å²) < 4.78 is 10.3. The van der Waals surface area contributed by atoms with Crippen molar-refractivity contribution < 1.29 is 22.5 Å². The topological polar surface area (TPSA) is 84.9 Å². The van der Waals surface area contributed by atoms with E-state index >= 15 is 0 Å². The Labute approximate surface area is 137 Å². The molecule has 1 rings (SSSR count).